The number of carboxylic acid groups (broad SMARTS) is 2. The van der Waals surface area contributed by atoms with Crippen LogP contribution in [0.1, 0.15) is 0 Å². The molecule has 2 N–H and O–H groups in total. The summed E-state index contributed by atoms with van der Waals surface area (Å²) in [6, 6.07) is 0. The van der Waals surface area contributed by atoms with E-state index in [1.165, 1.54) is 0 Å². The predicted octanol–water partition coefficient (Wildman–Crippen LogP) is 0.133. The Labute approximate surface area is 94.2 Å². The standard InChI is InChI=1S/C4H4O4.C2H4.Ca/c5-3(6)1-2-4(7)8;1-2;/h1-2H,(H,5,6)(H,7,8);1-2H2;/q;;+2/b2-1-;;. The largest absolute Gasteiger partial charge is 2.00 e. The first-order chi connectivity index (χ1) is 4.63. The molecular formula is C6H8CaO4+2. The monoisotopic (exact) mass is 184 g/mol. The van der Waals surface area contributed by atoms with Gasteiger partial charge in [-0.2, -0.15) is 0 Å². The van der Waals surface area contributed by atoms with E-state index in [2.05, 4.69) is 13.2 Å². The Morgan fingerprint density at radius 3 is 1.27 bits per heavy atom. The Balaban J connectivity index is -0.000000196. The Morgan fingerprint density at radius 1 is 1.00 bits per heavy atom. The molecule has 0 bridgehead atoms. The average molecular weight is 184 g/mol. The van der Waals surface area contributed by atoms with E-state index in [9.17, 15) is 9.59 Å². The van der Waals surface area contributed by atoms with Crippen molar-refractivity contribution in [3.8, 4) is 0 Å². The minimum absolute atomic E-state index is 0. The van der Waals surface area contributed by atoms with Gasteiger partial charge in [-0.15, -0.1) is 13.2 Å². The topological polar surface area (TPSA) is 74.6 Å². The van der Waals surface area contributed by atoms with Crippen LogP contribution >= 0.6 is 0 Å². The molecule has 0 atom stereocenters. The van der Waals surface area contributed by atoms with E-state index in [1.54, 1.807) is 0 Å². The first kappa shape index (κ1) is 17.0. The molecule has 56 valence electrons. The van der Waals surface area contributed by atoms with Crippen LogP contribution in [0.3, 0.4) is 0 Å². The molecule has 0 aliphatic heterocycles. The normalized spacial score (nSPS) is 7.27. The van der Waals surface area contributed by atoms with Crippen molar-refractivity contribution in [2.24, 2.45) is 0 Å². The van der Waals surface area contributed by atoms with E-state index in [1.807, 2.05) is 0 Å². The second-order valence-electron chi connectivity index (χ2n) is 1.01. The van der Waals surface area contributed by atoms with Crippen molar-refractivity contribution in [2.75, 3.05) is 0 Å². The summed E-state index contributed by atoms with van der Waals surface area (Å²) in [5, 5.41) is 15.6. The minimum Gasteiger partial charge on any atom is -0.478 e. The third kappa shape index (κ3) is 26.1. The van der Waals surface area contributed by atoms with E-state index < -0.39 is 11.9 Å². The van der Waals surface area contributed by atoms with Crippen molar-refractivity contribution < 1.29 is 19.8 Å². The summed E-state index contributed by atoms with van der Waals surface area (Å²) >= 11 is 0. The number of aliphatic carboxylic acids is 2. The van der Waals surface area contributed by atoms with Gasteiger partial charge in [-0.3, -0.25) is 0 Å². The van der Waals surface area contributed by atoms with Crippen molar-refractivity contribution in [2.45, 2.75) is 0 Å². The second kappa shape index (κ2) is 12.4. The molecule has 4 nitrogen and oxygen atoms in total. The summed E-state index contributed by atoms with van der Waals surface area (Å²) in [7, 11) is 0. The number of carboxylic acids is 2. The van der Waals surface area contributed by atoms with E-state index in [4.69, 9.17) is 10.2 Å². The quantitative estimate of drug-likeness (QED) is 0.363. The number of carbonyl (C=O) groups is 2. The zero-order chi connectivity index (χ0) is 8.57. The Bertz CT molecular complexity index is 137. The molecule has 0 rings (SSSR count). The van der Waals surface area contributed by atoms with Gasteiger partial charge in [-0.1, -0.05) is 0 Å². The summed E-state index contributed by atoms with van der Waals surface area (Å²) in [6.07, 6.45) is 1.12. The van der Waals surface area contributed by atoms with Gasteiger partial charge in [0.1, 0.15) is 0 Å². The van der Waals surface area contributed by atoms with Gasteiger partial charge in [-0.25, -0.2) is 9.59 Å². The van der Waals surface area contributed by atoms with Gasteiger partial charge >= 0.3 is 49.7 Å². The van der Waals surface area contributed by atoms with Gasteiger partial charge in [0.15, 0.2) is 0 Å². The van der Waals surface area contributed by atoms with Crippen molar-refractivity contribution in [3.05, 3.63) is 25.3 Å². The third-order valence-corrected chi connectivity index (χ3v) is 0.368. The Morgan fingerprint density at radius 2 is 1.18 bits per heavy atom. The summed E-state index contributed by atoms with van der Waals surface area (Å²) < 4.78 is 0. The molecule has 0 aromatic carbocycles. The molecule has 11 heavy (non-hydrogen) atoms. The maximum atomic E-state index is 9.55. The van der Waals surface area contributed by atoms with Crippen molar-refractivity contribution in [1.29, 1.82) is 0 Å². The zero-order valence-corrected chi connectivity index (χ0v) is 8.20. The zero-order valence-electron chi connectivity index (χ0n) is 5.99. The van der Waals surface area contributed by atoms with Gasteiger partial charge in [0.25, 0.3) is 0 Å². The molecule has 0 aromatic heterocycles. The van der Waals surface area contributed by atoms with Gasteiger partial charge in [0, 0.05) is 12.2 Å². The summed E-state index contributed by atoms with van der Waals surface area (Å²) in [4.78, 5) is 19.1. The Hall–Kier alpha value is -0.320. The molecule has 5 heteroatoms. The van der Waals surface area contributed by atoms with Crippen LogP contribution in [0, 0.1) is 0 Å². The van der Waals surface area contributed by atoms with Crippen LogP contribution in [0.25, 0.3) is 0 Å². The summed E-state index contributed by atoms with van der Waals surface area (Å²) in [5.74, 6) is -2.51. The van der Waals surface area contributed by atoms with Crippen LogP contribution in [-0.2, 0) is 9.59 Å². The molecule has 0 amide bonds. The summed E-state index contributed by atoms with van der Waals surface area (Å²) in [5.41, 5.74) is 0. The fourth-order valence-corrected chi connectivity index (χ4v) is 0.143. The van der Waals surface area contributed by atoms with E-state index in [-0.39, 0.29) is 37.7 Å². The molecule has 0 heterocycles. The average Bonchev–Trinajstić information content (AvgIpc) is 1.89. The molecule has 0 radical (unpaired) electrons. The van der Waals surface area contributed by atoms with Gasteiger partial charge < -0.3 is 10.2 Å². The van der Waals surface area contributed by atoms with Crippen molar-refractivity contribution >= 4 is 49.7 Å². The molecule has 0 saturated heterocycles. The maximum absolute atomic E-state index is 9.55. The van der Waals surface area contributed by atoms with E-state index in [0.717, 1.165) is 0 Å². The fourth-order valence-electron chi connectivity index (χ4n) is 0.143. The molecular weight excluding hydrogens is 176 g/mol. The van der Waals surface area contributed by atoms with Gasteiger partial charge in [0.05, 0.1) is 0 Å². The first-order valence-corrected chi connectivity index (χ1v) is 2.27. The SMILES string of the molecule is C=C.O=C(O)/C=C\C(=O)O.[Ca+2]. The summed E-state index contributed by atoms with van der Waals surface area (Å²) in [6.45, 7) is 6.00. The van der Waals surface area contributed by atoms with Crippen molar-refractivity contribution in [3.63, 3.8) is 0 Å². The predicted molar refractivity (Wildman–Crippen MR) is 41.4 cm³/mol. The second-order valence-corrected chi connectivity index (χ2v) is 1.01. The van der Waals surface area contributed by atoms with Crippen LogP contribution in [0.2, 0.25) is 0 Å². The van der Waals surface area contributed by atoms with Crippen molar-refractivity contribution in [1.82, 2.24) is 0 Å². The van der Waals surface area contributed by atoms with Gasteiger partial charge in [-0.05, 0) is 0 Å². The van der Waals surface area contributed by atoms with Gasteiger partial charge in [0.2, 0.25) is 0 Å². The van der Waals surface area contributed by atoms with E-state index >= 15 is 0 Å². The number of rotatable bonds is 2. The minimum atomic E-state index is -1.26. The van der Waals surface area contributed by atoms with Crippen LogP contribution in [-0.4, -0.2) is 59.9 Å². The Kier molecular flexibility index (Phi) is 19.1. The molecule has 0 aliphatic rings. The first-order valence-electron chi connectivity index (χ1n) is 2.27. The third-order valence-electron chi connectivity index (χ3n) is 0.368. The smallest absolute Gasteiger partial charge is 0.478 e. The van der Waals surface area contributed by atoms with Crippen LogP contribution < -0.4 is 0 Å². The number of hydrogen-bond acceptors (Lipinski definition) is 2. The molecule has 0 unspecified atom stereocenters. The molecule has 0 fully saturated rings. The molecule has 0 aliphatic carbocycles. The van der Waals surface area contributed by atoms with Crippen LogP contribution in [0.5, 0.6) is 0 Å². The number of hydrogen-bond donors (Lipinski definition) is 2. The van der Waals surface area contributed by atoms with E-state index in [0.29, 0.717) is 12.2 Å². The molecule has 0 saturated carbocycles. The van der Waals surface area contributed by atoms with Crippen LogP contribution in [0.4, 0.5) is 0 Å². The van der Waals surface area contributed by atoms with Crippen LogP contribution in [0.15, 0.2) is 25.3 Å². The molecule has 0 aromatic rings. The molecule has 0 spiro atoms. The maximum Gasteiger partial charge on any atom is 2.00 e. The fraction of sp³-hybridized carbons (Fsp3) is 0.